The maximum atomic E-state index is 10.7. The maximum absolute atomic E-state index is 10.7. The minimum Gasteiger partial charge on any atom is -0.481 e. The highest BCUT2D eigenvalue weighted by atomic mass is 16.4. The predicted octanol–water partition coefficient (Wildman–Crippen LogP) is 2.12. The fraction of sp³-hybridized carbons (Fsp3) is 0.500. The third kappa shape index (κ3) is 3.07. The first-order chi connectivity index (χ1) is 9.49. The molecule has 108 valence electrons. The van der Waals surface area contributed by atoms with Gasteiger partial charge in [-0.25, -0.2) is 9.50 Å². The smallest absolute Gasteiger partial charge is 0.303 e. The molecule has 0 saturated carbocycles. The fourth-order valence-corrected chi connectivity index (χ4v) is 2.26. The molecular formula is C14H20N4O2. The highest BCUT2D eigenvalue weighted by molar-refractivity contribution is 5.70. The van der Waals surface area contributed by atoms with E-state index in [1.807, 2.05) is 23.7 Å². The van der Waals surface area contributed by atoms with Gasteiger partial charge in [-0.2, -0.15) is 5.10 Å². The highest BCUT2D eigenvalue weighted by Crippen LogP contribution is 2.22. The van der Waals surface area contributed by atoms with Gasteiger partial charge in [-0.1, -0.05) is 0 Å². The SMILES string of the molecule is Cc1cc2c(N(CCCC(=O)O)C(C)C)nccn2n1. The van der Waals surface area contributed by atoms with Gasteiger partial charge in [0.15, 0.2) is 5.82 Å². The van der Waals surface area contributed by atoms with Crippen LogP contribution in [0.2, 0.25) is 0 Å². The first kappa shape index (κ1) is 14.3. The van der Waals surface area contributed by atoms with Gasteiger partial charge < -0.3 is 10.0 Å². The van der Waals surface area contributed by atoms with Crippen LogP contribution in [0.25, 0.3) is 5.52 Å². The number of fused-ring (bicyclic) bond motifs is 1. The molecule has 2 aromatic rings. The van der Waals surface area contributed by atoms with E-state index in [4.69, 9.17) is 5.11 Å². The van der Waals surface area contributed by atoms with Crippen LogP contribution in [0, 0.1) is 6.92 Å². The maximum Gasteiger partial charge on any atom is 0.303 e. The molecule has 6 nitrogen and oxygen atoms in total. The van der Waals surface area contributed by atoms with Gasteiger partial charge in [0, 0.05) is 31.4 Å². The molecule has 20 heavy (non-hydrogen) atoms. The molecule has 0 aliphatic heterocycles. The molecule has 2 aromatic heterocycles. The predicted molar refractivity (Wildman–Crippen MR) is 77.1 cm³/mol. The summed E-state index contributed by atoms with van der Waals surface area (Å²) in [5.74, 6) is 0.0913. The molecule has 0 aromatic carbocycles. The lowest BCUT2D eigenvalue weighted by molar-refractivity contribution is -0.137. The van der Waals surface area contributed by atoms with Crippen LogP contribution in [0.4, 0.5) is 5.82 Å². The first-order valence-electron chi connectivity index (χ1n) is 6.78. The van der Waals surface area contributed by atoms with E-state index in [9.17, 15) is 4.79 Å². The Bertz CT molecular complexity index is 606. The number of hydrogen-bond donors (Lipinski definition) is 1. The standard InChI is InChI=1S/C14H20N4O2/c1-10(2)17(7-4-5-13(19)20)14-12-9-11(3)16-18(12)8-6-15-14/h6,8-10H,4-5,7H2,1-3H3,(H,19,20). The van der Waals surface area contributed by atoms with Crippen LogP contribution in [0.5, 0.6) is 0 Å². The van der Waals surface area contributed by atoms with Crippen molar-refractivity contribution in [1.82, 2.24) is 14.6 Å². The summed E-state index contributed by atoms with van der Waals surface area (Å²) in [4.78, 5) is 17.2. The van der Waals surface area contributed by atoms with Crippen molar-refractivity contribution in [3.05, 3.63) is 24.2 Å². The monoisotopic (exact) mass is 276 g/mol. The summed E-state index contributed by atoms with van der Waals surface area (Å²) in [6.45, 7) is 6.77. The summed E-state index contributed by atoms with van der Waals surface area (Å²) >= 11 is 0. The fourth-order valence-electron chi connectivity index (χ4n) is 2.26. The zero-order chi connectivity index (χ0) is 14.7. The van der Waals surface area contributed by atoms with Gasteiger partial charge in [0.25, 0.3) is 0 Å². The molecule has 6 heteroatoms. The van der Waals surface area contributed by atoms with E-state index >= 15 is 0 Å². The number of carbonyl (C=O) groups is 1. The van der Waals surface area contributed by atoms with Gasteiger partial charge in [-0.15, -0.1) is 0 Å². The van der Waals surface area contributed by atoms with E-state index in [-0.39, 0.29) is 12.5 Å². The third-order valence-corrected chi connectivity index (χ3v) is 3.18. The van der Waals surface area contributed by atoms with Crippen molar-refractivity contribution >= 4 is 17.3 Å². The number of aromatic nitrogens is 3. The molecule has 0 unspecified atom stereocenters. The Balaban J connectivity index is 2.29. The van der Waals surface area contributed by atoms with Gasteiger partial charge in [-0.05, 0) is 33.3 Å². The number of carboxylic acids is 1. The summed E-state index contributed by atoms with van der Waals surface area (Å²) in [5.41, 5.74) is 1.89. The molecule has 2 rings (SSSR count). The van der Waals surface area contributed by atoms with Crippen LogP contribution in [0.1, 0.15) is 32.4 Å². The Labute approximate surface area is 118 Å². The Morgan fingerprint density at radius 3 is 2.90 bits per heavy atom. The lowest BCUT2D eigenvalue weighted by atomic mass is 10.2. The van der Waals surface area contributed by atoms with Crippen LogP contribution in [0.15, 0.2) is 18.5 Å². The summed E-state index contributed by atoms with van der Waals surface area (Å²) in [6, 6.07) is 2.24. The highest BCUT2D eigenvalue weighted by Gasteiger charge is 2.16. The molecule has 0 spiro atoms. The van der Waals surface area contributed by atoms with E-state index in [1.54, 1.807) is 6.20 Å². The van der Waals surface area contributed by atoms with Crippen LogP contribution < -0.4 is 4.90 Å². The lowest BCUT2D eigenvalue weighted by Crippen LogP contribution is -2.33. The third-order valence-electron chi connectivity index (χ3n) is 3.18. The first-order valence-corrected chi connectivity index (χ1v) is 6.78. The number of aryl methyl sites for hydroxylation is 1. The number of hydrogen-bond acceptors (Lipinski definition) is 4. The number of carboxylic acid groups (broad SMARTS) is 1. The summed E-state index contributed by atoms with van der Waals surface area (Å²) in [5, 5.41) is 13.1. The van der Waals surface area contributed by atoms with Gasteiger partial charge >= 0.3 is 5.97 Å². The summed E-state index contributed by atoms with van der Waals surface area (Å²) < 4.78 is 1.81. The molecule has 0 saturated heterocycles. The van der Waals surface area contributed by atoms with Gasteiger partial charge in [0.2, 0.25) is 0 Å². The zero-order valence-corrected chi connectivity index (χ0v) is 12.1. The van der Waals surface area contributed by atoms with Crippen molar-refractivity contribution in [2.24, 2.45) is 0 Å². The zero-order valence-electron chi connectivity index (χ0n) is 12.1. The Morgan fingerprint density at radius 1 is 1.50 bits per heavy atom. The Hall–Kier alpha value is -2.11. The largest absolute Gasteiger partial charge is 0.481 e. The van der Waals surface area contributed by atoms with Gasteiger partial charge in [0.1, 0.15) is 5.52 Å². The number of anilines is 1. The Morgan fingerprint density at radius 2 is 2.25 bits per heavy atom. The quantitative estimate of drug-likeness (QED) is 0.875. The number of rotatable bonds is 6. The lowest BCUT2D eigenvalue weighted by Gasteiger charge is -2.28. The molecule has 0 aliphatic rings. The van der Waals surface area contributed by atoms with Crippen LogP contribution in [-0.2, 0) is 4.79 Å². The van der Waals surface area contributed by atoms with Crippen LogP contribution in [0.3, 0.4) is 0 Å². The van der Waals surface area contributed by atoms with Gasteiger partial charge in [-0.3, -0.25) is 4.79 Å². The molecule has 0 radical (unpaired) electrons. The molecular weight excluding hydrogens is 256 g/mol. The second-order valence-corrected chi connectivity index (χ2v) is 5.15. The van der Waals surface area contributed by atoms with Crippen molar-refractivity contribution in [3.63, 3.8) is 0 Å². The molecule has 0 aliphatic carbocycles. The van der Waals surface area contributed by atoms with E-state index < -0.39 is 5.97 Å². The van der Waals surface area contributed by atoms with Crippen molar-refractivity contribution in [1.29, 1.82) is 0 Å². The summed E-state index contributed by atoms with van der Waals surface area (Å²) in [7, 11) is 0. The van der Waals surface area contributed by atoms with Gasteiger partial charge in [0.05, 0.1) is 5.69 Å². The van der Waals surface area contributed by atoms with Crippen molar-refractivity contribution < 1.29 is 9.90 Å². The molecule has 0 amide bonds. The molecule has 0 fully saturated rings. The van der Waals surface area contributed by atoms with E-state index in [0.29, 0.717) is 13.0 Å². The minimum atomic E-state index is -0.764. The number of nitrogens with zero attached hydrogens (tertiary/aromatic N) is 4. The average Bonchev–Trinajstić information content (AvgIpc) is 2.74. The second kappa shape index (κ2) is 5.90. The van der Waals surface area contributed by atoms with Crippen LogP contribution >= 0.6 is 0 Å². The van der Waals surface area contributed by atoms with Crippen molar-refractivity contribution in [3.8, 4) is 0 Å². The molecule has 0 atom stereocenters. The van der Waals surface area contributed by atoms with E-state index in [1.165, 1.54) is 0 Å². The molecule has 1 N–H and O–H groups in total. The van der Waals surface area contributed by atoms with E-state index in [0.717, 1.165) is 17.0 Å². The minimum absolute atomic E-state index is 0.171. The molecule has 2 heterocycles. The van der Waals surface area contributed by atoms with Crippen LogP contribution in [-0.4, -0.2) is 38.3 Å². The summed E-state index contributed by atoms with van der Waals surface area (Å²) in [6.07, 6.45) is 4.32. The van der Waals surface area contributed by atoms with E-state index in [2.05, 4.69) is 28.8 Å². The normalized spacial score (nSPS) is 11.2. The van der Waals surface area contributed by atoms with Crippen molar-refractivity contribution in [2.75, 3.05) is 11.4 Å². The number of aliphatic carboxylic acids is 1. The topological polar surface area (TPSA) is 70.7 Å². The molecule has 0 bridgehead atoms. The average molecular weight is 276 g/mol. The second-order valence-electron chi connectivity index (χ2n) is 5.15. The Kier molecular flexibility index (Phi) is 4.22. The van der Waals surface area contributed by atoms with Crippen molar-refractivity contribution in [2.45, 2.75) is 39.7 Å².